The Morgan fingerprint density at radius 2 is 2.31 bits per heavy atom. The second kappa shape index (κ2) is 5.31. The van der Waals surface area contributed by atoms with Crippen molar-refractivity contribution < 1.29 is 4.79 Å². The lowest BCUT2D eigenvalue weighted by molar-refractivity contribution is 0.565. The van der Waals surface area contributed by atoms with Crippen molar-refractivity contribution >= 4 is 22.0 Å². The van der Waals surface area contributed by atoms with Crippen LogP contribution in [0, 0.1) is 12.0 Å². The summed E-state index contributed by atoms with van der Waals surface area (Å²) in [6.45, 7) is 0. The predicted molar refractivity (Wildman–Crippen MR) is 53.7 cm³/mol. The average molecular weight is 236 g/mol. The normalized spacial score (nSPS) is 8.08. The Hall–Kier alpha value is -1.36. The Morgan fingerprint density at radius 3 is 3.00 bits per heavy atom. The van der Waals surface area contributed by atoms with E-state index in [1.807, 2.05) is 24.3 Å². The third kappa shape index (κ3) is 3.71. The number of hydrogen-bond acceptors (Lipinski definition) is 2. The zero-order valence-electron chi connectivity index (χ0n) is 6.75. The summed E-state index contributed by atoms with van der Waals surface area (Å²) in [5, 5.41) is 0. The average Bonchev–Trinajstić information content (AvgIpc) is 2.13. The van der Waals surface area contributed by atoms with Gasteiger partial charge in [-0.1, -0.05) is 34.0 Å². The Morgan fingerprint density at radius 1 is 1.46 bits per heavy atom. The standard InChI is InChI=1S/C10H6BrNO/c11-10-5-1-3-9(7-10)4-2-6-12-8-13/h1,3,5,7H,4H2. The number of rotatable bonds is 1. The van der Waals surface area contributed by atoms with Crippen LogP contribution in [-0.4, -0.2) is 6.08 Å². The van der Waals surface area contributed by atoms with Crippen LogP contribution in [0.3, 0.4) is 0 Å². The maximum absolute atomic E-state index is 9.67. The molecule has 1 aromatic rings. The van der Waals surface area contributed by atoms with Gasteiger partial charge in [0, 0.05) is 16.9 Å². The fourth-order valence-corrected chi connectivity index (χ4v) is 1.30. The molecule has 0 fully saturated rings. The highest BCUT2D eigenvalue weighted by Crippen LogP contribution is 2.11. The molecule has 0 spiro atoms. The molecule has 64 valence electrons. The van der Waals surface area contributed by atoms with Crippen LogP contribution in [0.4, 0.5) is 0 Å². The van der Waals surface area contributed by atoms with Gasteiger partial charge in [-0.25, -0.2) is 4.79 Å². The van der Waals surface area contributed by atoms with Gasteiger partial charge >= 0.3 is 0 Å². The van der Waals surface area contributed by atoms with Crippen LogP contribution in [0.2, 0.25) is 0 Å². The molecular formula is C10H6BrNO. The van der Waals surface area contributed by atoms with Gasteiger partial charge in [-0.3, -0.25) is 0 Å². The molecule has 0 bridgehead atoms. The molecule has 0 atom stereocenters. The number of hydrogen-bond donors (Lipinski definition) is 0. The van der Waals surface area contributed by atoms with E-state index in [9.17, 15) is 4.79 Å². The van der Waals surface area contributed by atoms with Crippen molar-refractivity contribution in [1.29, 1.82) is 0 Å². The van der Waals surface area contributed by atoms with E-state index >= 15 is 0 Å². The van der Waals surface area contributed by atoms with Gasteiger partial charge < -0.3 is 0 Å². The Balaban J connectivity index is 2.66. The van der Waals surface area contributed by atoms with Gasteiger partial charge in [-0.15, -0.1) is 4.99 Å². The molecule has 1 rings (SSSR count). The second-order valence-corrected chi connectivity index (χ2v) is 3.21. The summed E-state index contributed by atoms with van der Waals surface area (Å²) in [6.07, 6.45) is 1.95. The van der Waals surface area contributed by atoms with Crippen LogP contribution in [0.5, 0.6) is 0 Å². The fraction of sp³-hybridized carbons (Fsp3) is 0.100. The molecule has 0 aliphatic rings. The first-order chi connectivity index (χ1) is 6.33. The molecule has 0 saturated heterocycles. The number of aliphatic imine (C=N–C) groups is 1. The summed E-state index contributed by atoms with van der Waals surface area (Å²) < 4.78 is 1.02. The number of nitrogens with zero attached hydrogens (tertiary/aromatic N) is 1. The monoisotopic (exact) mass is 235 g/mol. The minimum atomic E-state index is 0.588. The summed E-state index contributed by atoms with van der Waals surface area (Å²) in [5.41, 5.74) is 1.09. The molecule has 1 aromatic carbocycles. The van der Waals surface area contributed by atoms with Crippen LogP contribution in [-0.2, 0) is 11.2 Å². The number of carbonyl (C=O) groups excluding carboxylic acids is 1. The quantitative estimate of drug-likeness (QED) is 0.418. The highest BCUT2D eigenvalue weighted by molar-refractivity contribution is 9.10. The molecule has 3 heteroatoms. The maximum Gasteiger partial charge on any atom is 0.249 e. The molecule has 0 N–H and O–H groups in total. The summed E-state index contributed by atoms with van der Waals surface area (Å²) in [7, 11) is 0. The summed E-state index contributed by atoms with van der Waals surface area (Å²) in [4.78, 5) is 12.8. The molecule has 0 aromatic heterocycles. The molecule has 0 amide bonds. The summed E-state index contributed by atoms with van der Waals surface area (Å²) in [5.74, 6) is 2.73. The van der Waals surface area contributed by atoms with Crippen LogP contribution in [0.25, 0.3) is 0 Å². The van der Waals surface area contributed by atoms with Gasteiger partial charge in [0.25, 0.3) is 0 Å². The number of isocyanates is 1. The van der Waals surface area contributed by atoms with Crippen molar-refractivity contribution in [1.82, 2.24) is 0 Å². The predicted octanol–water partition coefficient (Wildman–Crippen LogP) is 2.29. The van der Waals surface area contributed by atoms with Crippen molar-refractivity contribution in [3.05, 3.63) is 34.3 Å². The van der Waals surface area contributed by atoms with E-state index in [0.717, 1.165) is 10.0 Å². The van der Waals surface area contributed by atoms with Gasteiger partial charge in [0.15, 0.2) is 0 Å². The minimum Gasteiger partial charge on any atom is -0.210 e. The molecule has 0 heterocycles. The minimum absolute atomic E-state index is 0.588. The van der Waals surface area contributed by atoms with E-state index in [1.165, 1.54) is 6.08 Å². The molecule has 0 aliphatic carbocycles. The zero-order chi connectivity index (χ0) is 9.52. The lowest BCUT2D eigenvalue weighted by Crippen LogP contribution is -1.79. The largest absolute Gasteiger partial charge is 0.249 e. The Labute approximate surface area is 84.8 Å². The van der Waals surface area contributed by atoms with E-state index < -0.39 is 0 Å². The lowest BCUT2D eigenvalue weighted by Gasteiger charge is -1.93. The van der Waals surface area contributed by atoms with Crippen molar-refractivity contribution in [3.8, 4) is 12.0 Å². The van der Waals surface area contributed by atoms with E-state index in [2.05, 4.69) is 32.9 Å². The molecular weight excluding hydrogens is 230 g/mol. The van der Waals surface area contributed by atoms with Gasteiger partial charge in [0.2, 0.25) is 6.08 Å². The summed E-state index contributed by atoms with van der Waals surface area (Å²) in [6, 6.07) is 10.2. The first kappa shape index (κ1) is 9.73. The Kier molecular flexibility index (Phi) is 3.98. The lowest BCUT2D eigenvalue weighted by atomic mass is 10.2. The number of benzene rings is 1. The highest BCUT2D eigenvalue weighted by atomic mass is 79.9. The molecule has 13 heavy (non-hydrogen) atoms. The van der Waals surface area contributed by atoms with Crippen molar-refractivity contribution in [2.24, 2.45) is 4.99 Å². The van der Waals surface area contributed by atoms with Crippen molar-refractivity contribution in [2.45, 2.75) is 6.42 Å². The van der Waals surface area contributed by atoms with Gasteiger partial charge in [0.05, 0.1) is 0 Å². The van der Waals surface area contributed by atoms with Crippen LogP contribution >= 0.6 is 15.9 Å². The number of halogens is 1. The van der Waals surface area contributed by atoms with Crippen LogP contribution < -0.4 is 0 Å². The van der Waals surface area contributed by atoms with E-state index in [-0.39, 0.29) is 0 Å². The van der Waals surface area contributed by atoms with E-state index in [1.54, 1.807) is 0 Å². The van der Waals surface area contributed by atoms with Crippen molar-refractivity contribution in [3.63, 3.8) is 0 Å². The third-order valence-electron chi connectivity index (χ3n) is 1.36. The third-order valence-corrected chi connectivity index (χ3v) is 1.86. The second-order valence-electron chi connectivity index (χ2n) is 2.30. The zero-order valence-corrected chi connectivity index (χ0v) is 8.34. The van der Waals surface area contributed by atoms with Gasteiger partial charge in [0.1, 0.15) is 0 Å². The van der Waals surface area contributed by atoms with Crippen LogP contribution in [0.15, 0.2) is 33.7 Å². The summed E-state index contributed by atoms with van der Waals surface area (Å²) >= 11 is 3.35. The smallest absolute Gasteiger partial charge is 0.210 e. The van der Waals surface area contributed by atoms with E-state index in [4.69, 9.17) is 0 Å². The SMILES string of the molecule is O=C=NC#CCc1cccc(Br)c1. The van der Waals surface area contributed by atoms with E-state index in [0.29, 0.717) is 6.42 Å². The Bertz CT molecular complexity index is 397. The van der Waals surface area contributed by atoms with Gasteiger partial charge in [-0.05, 0) is 17.7 Å². The first-order valence-electron chi connectivity index (χ1n) is 3.62. The maximum atomic E-state index is 9.67. The van der Waals surface area contributed by atoms with Crippen LogP contribution in [0.1, 0.15) is 5.56 Å². The molecule has 0 unspecified atom stereocenters. The fourth-order valence-electron chi connectivity index (χ4n) is 0.851. The van der Waals surface area contributed by atoms with Gasteiger partial charge in [-0.2, -0.15) is 0 Å². The molecule has 0 saturated carbocycles. The highest BCUT2D eigenvalue weighted by Gasteiger charge is 1.89. The first-order valence-corrected chi connectivity index (χ1v) is 4.41. The topological polar surface area (TPSA) is 29.4 Å². The van der Waals surface area contributed by atoms with Crippen molar-refractivity contribution in [2.75, 3.05) is 0 Å². The molecule has 0 radical (unpaired) electrons. The molecule has 0 aliphatic heterocycles. The molecule has 2 nitrogen and oxygen atoms in total.